The van der Waals surface area contributed by atoms with Gasteiger partial charge in [0.05, 0.1) is 0 Å². The van der Waals surface area contributed by atoms with Crippen molar-refractivity contribution >= 4 is 11.9 Å². The van der Waals surface area contributed by atoms with Gasteiger partial charge in [0.1, 0.15) is 6.04 Å². The molecule has 3 saturated heterocycles. The molecule has 28 heavy (non-hydrogen) atoms. The van der Waals surface area contributed by atoms with Gasteiger partial charge < -0.3 is 20.0 Å². The Morgan fingerprint density at radius 3 is 2.46 bits per heavy atom. The fourth-order valence-electron chi connectivity index (χ4n) is 4.93. The van der Waals surface area contributed by atoms with Gasteiger partial charge in [-0.25, -0.2) is 4.79 Å². The molecule has 0 spiro atoms. The summed E-state index contributed by atoms with van der Waals surface area (Å²) in [5.74, 6) is 1.40. The molecule has 4 rings (SSSR count). The smallest absolute Gasteiger partial charge is 0.318 e. The van der Waals surface area contributed by atoms with Crippen LogP contribution in [0.5, 0.6) is 0 Å². The molecule has 1 aromatic carbocycles. The zero-order valence-corrected chi connectivity index (χ0v) is 16.8. The van der Waals surface area contributed by atoms with E-state index in [1.54, 1.807) is 0 Å². The molecule has 0 radical (unpaired) electrons. The van der Waals surface area contributed by atoms with Crippen molar-refractivity contribution in [3.63, 3.8) is 0 Å². The van der Waals surface area contributed by atoms with Crippen LogP contribution in [0.25, 0.3) is 0 Å². The largest absolute Gasteiger partial charge is 0.336 e. The third-order valence-corrected chi connectivity index (χ3v) is 6.75. The van der Waals surface area contributed by atoms with Crippen LogP contribution in [0, 0.1) is 11.8 Å². The Labute approximate surface area is 167 Å². The Morgan fingerprint density at radius 2 is 1.71 bits per heavy atom. The molecule has 3 aliphatic rings. The van der Waals surface area contributed by atoms with Crippen molar-refractivity contribution in [1.82, 2.24) is 20.0 Å². The molecule has 3 fully saturated rings. The standard InChI is InChI=1S/C22H32N4O2/c1-24-11-7-18(8-12-24)19-9-13-26(16-19)22(28)23-20-10-14-25(21(20)27)15-17-5-3-2-4-6-17/h2-6,18-20H,7-16H2,1H3,(H,23,28). The fourth-order valence-corrected chi connectivity index (χ4v) is 4.93. The fraction of sp³-hybridized carbons (Fsp3) is 0.636. The molecule has 6 nitrogen and oxygen atoms in total. The molecule has 3 amide bonds. The van der Waals surface area contributed by atoms with Crippen molar-refractivity contribution in [2.45, 2.75) is 38.3 Å². The Morgan fingerprint density at radius 1 is 1.00 bits per heavy atom. The van der Waals surface area contributed by atoms with Crippen molar-refractivity contribution < 1.29 is 9.59 Å². The lowest BCUT2D eigenvalue weighted by Crippen LogP contribution is -2.47. The minimum atomic E-state index is -0.376. The second-order valence-electron chi connectivity index (χ2n) is 8.67. The van der Waals surface area contributed by atoms with Crippen LogP contribution < -0.4 is 5.32 Å². The number of benzene rings is 1. The number of piperidine rings is 1. The molecule has 0 saturated carbocycles. The highest BCUT2D eigenvalue weighted by Crippen LogP contribution is 2.31. The van der Waals surface area contributed by atoms with E-state index in [4.69, 9.17) is 0 Å². The van der Waals surface area contributed by atoms with Gasteiger partial charge in [0.25, 0.3) is 0 Å². The van der Waals surface area contributed by atoms with Gasteiger partial charge in [0.2, 0.25) is 5.91 Å². The lowest BCUT2D eigenvalue weighted by Gasteiger charge is -2.32. The molecule has 0 aromatic heterocycles. The Hall–Kier alpha value is -2.08. The van der Waals surface area contributed by atoms with Gasteiger partial charge in [-0.1, -0.05) is 30.3 Å². The van der Waals surface area contributed by atoms with Gasteiger partial charge in [-0.15, -0.1) is 0 Å². The number of nitrogens with one attached hydrogen (secondary N) is 1. The van der Waals surface area contributed by atoms with E-state index in [0.717, 1.165) is 31.0 Å². The van der Waals surface area contributed by atoms with Crippen molar-refractivity contribution in [2.24, 2.45) is 11.8 Å². The highest BCUT2D eigenvalue weighted by Gasteiger charge is 2.37. The van der Waals surface area contributed by atoms with E-state index < -0.39 is 0 Å². The lowest BCUT2D eigenvalue weighted by atomic mass is 9.84. The van der Waals surface area contributed by atoms with Crippen molar-refractivity contribution in [3.8, 4) is 0 Å². The first-order valence-electron chi connectivity index (χ1n) is 10.7. The zero-order chi connectivity index (χ0) is 19.5. The predicted molar refractivity (Wildman–Crippen MR) is 109 cm³/mol. The third-order valence-electron chi connectivity index (χ3n) is 6.75. The number of hydrogen-bond donors (Lipinski definition) is 1. The van der Waals surface area contributed by atoms with E-state index in [1.165, 1.54) is 25.9 Å². The van der Waals surface area contributed by atoms with Crippen LogP contribution in [0.15, 0.2) is 30.3 Å². The molecule has 0 bridgehead atoms. The Balaban J connectivity index is 1.25. The zero-order valence-electron chi connectivity index (χ0n) is 16.8. The summed E-state index contributed by atoms with van der Waals surface area (Å²) in [5.41, 5.74) is 1.13. The number of nitrogens with zero attached hydrogens (tertiary/aromatic N) is 3. The maximum atomic E-state index is 12.7. The summed E-state index contributed by atoms with van der Waals surface area (Å²) >= 11 is 0. The van der Waals surface area contributed by atoms with E-state index in [0.29, 0.717) is 25.4 Å². The van der Waals surface area contributed by atoms with Gasteiger partial charge in [-0.05, 0) is 63.2 Å². The molecule has 2 atom stereocenters. The summed E-state index contributed by atoms with van der Waals surface area (Å²) in [5, 5.41) is 3.00. The predicted octanol–water partition coefficient (Wildman–Crippen LogP) is 2.16. The second-order valence-corrected chi connectivity index (χ2v) is 8.67. The number of carbonyl (C=O) groups excluding carboxylic acids is 2. The van der Waals surface area contributed by atoms with Crippen molar-refractivity contribution in [3.05, 3.63) is 35.9 Å². The molecule has 2 unspecified atom stereocenters. The quantitative estimate of drug-likeness (QED) is 0.866. The summed E-state index contributed by atoms with van der Waals surface area (Å²) in [6.45, 7) is 5.32. The SMILES string of the molecule is CN1CCC(C2CCN(C(=O)NC3CCN(Cc4ccccc4)C3=O)C2)CC1. The van der Waals surface area contributed by atoms with Gasteiger partial charge >= 0.3 is 6.03 Å². The minimum absolute atomic E-state index is 0.0447. The van der Waals surface area contributed by atoms with Gasteiger partial charge in [-0.2, -0.15) is 0 Å². The first-order chi connectivity index (χ1) is 13.6. The van der Waals surface area contributed by atoms with Gasteiger partial charge in [0.15, 0.2) is 0 Å². The number of rotatable bonds is 4. The molecule has 6 heteroatoms. The Bertz CT molecular complexity index is 687. The lowest BCUT2D eigenvalue weighted by molar-refractivity contribution is -0.129. The normalized spacial score (nSPS) is 26.8. The van der Waals surface area contributed by atoms with Crippen LogP contribution in [0.4, 0.5) is 4.79 Å². The van der Waals surface area contributed by atoms with Crippen LogP contribution in [0.1, 0.15) is 31.2 Å². The van der Waals surface area contributed by atoms with Gasteiger partial charge in [-0.3, -0.25) is 4.79 Å². The number of hydrogen-bond acceptors (Lipinski definition) is 3. The molecule has 152 valence electrons. The molecular formula is C22H32N4O2. The Kier molecular flexibility index (Phi) is 5.85. The van der Waals surface area contributed by atoms with Gasteiger partial charge in [0, 0.05) is 26.2 Å². The number of urea groups is 1. The van der Waals surface area contributed by atoms with E-state index in [1.807, 2.05) is 40.1 Å². The highest BCUT2D eigenvalue weighted by molar-refractivity contribution is 5.88. The van der Waals surface area contributed by atoms with Crippen molar-refractivity contribution in [2.75, 3.05) is 39.8 Å². The van der Waals surface area contributed by atoms with Crippen LogP contribution in [0.3, 0.4) is 0 Å². The summed E-state index contributed by atoms with van der Waals surface area (Å²) in [6.07, 6.45) is 4.28. The molecular weight excluding hydrogens is 352 g/mol. The summed E-state index contributed by atoms with van der Waals surface area (Å²) in [7, 11) is 2.18. The number of amides is 3. The number of carbonyl (C=O) groups is 2. The third kappa shape index (κ3) is 4.32. The van der Waals surface area contributed by atoms with E-state index >= 15 is 0 Å². The maximum Gasteiger partial charge on any atom is 0.318 e. The van der Waals surface area contributed by atoms with E-state index in [-0.39, 0.29) is 18.0 Å². The molecule has 3 aliphatic heterocycles. The monoisotopic (exact) mass is 384 g/mol. The average Bonchev–Trinajstić information content (AvgIpc) is 3.32. The highest BCUT2D eigenvalue weighted by atomic mass is 16.2. The van der Waals surface area contributed by atoms with Crippen LogP contribution >= 0.6 is 0 Å². The van der Waals surface area contributed by atoms with Crippen LogP contribution in [0.2, 0.25) is 0 Å². The average molecular weight is 385 g/mol. The number of likely N-dealkylation sites (tertiary alicyclic amines) is 3. The summed E-state index contributed by atoms with van der Waals surface area (Å²) < 4.78 is 0. The summed E-state index contributed by atoms with van der Waals surface area (Å²) in [6, 6.07) is 9.59. The maximum absolute atomic E-state index is 12.7. The van der Waals surface area contributed by atoms with E-state index in [9.17, 15) is 9.59 Å². The minimum Gasteiger partial charge on any atom is -0.336 e. The van der Waals surface area contributed by atoms with Crippen LogP contribution in [-0.4, -0.2) is 72.5 Å². The topological polar surface area (TPSA) is 55.9 Å². The van der Waals surface area contributed by atoms with Crippen molar-refractivity contribution in [1.29, 1.82) is 0 Å². The second kappa shape index (κ2) is 8.52. The molecule has 0 aliphatic carbocycles. The van der Waals surface area contributed by atoms with E-state index in [2.05, 4.69) is 17.3 Å². The first-order valence-corrected chi connectivity index (χ1v) is 10.7. The van der Waals surface area contributed by atoms with Crippen LogP contribution in [-0.2, 0) is 11.3 Å². The molecule has 1 aromatic rings. The first kappa shape index (κ1) is 19.2. The summed E-state index contributed by atoms with van der Waals surface area (Å²) in [4.78, 5) is 31.6. The molecule has 3 heterocycles. The molecule has 1 N–H and O–H groups in total.